The Hall–Kier alpha value is -2.25. The van der Waals surface area contributed by atoms with Crippen molar-refractivity contribution in [2.75, 3.05) is 45.5 Å². The number of aliphatic hydroxyl groups excluding tert-OH is 1. The molecule has 0 radical (unpaired) electrons. The SMILES string of the molecule is CC(C)n1c(=O)n(C(=O)NC2C[C@H]3CC[C@@H](C2)N3C[C@@H](O)CN2CCN(S(C)(=O)=O)CC2)c2ccccc21. The van der Waals surface area contributed by atoms with E-state index in [1.54, 1.807) is 4.57 Å². The van der Waals surface area contributed by atoms with Crippen molar-refractivity contribution in [2.24, 2.45) is 0 Å². The van der Waals surface area contributed by atoms with Gasteiger partial charge in [0.25, 0.3) is 0 Å². The number of aromatic nitrogens is 2. The van der Waals surface area contributed by atoms with Gasteiger partial charge in [-0.25, -0.2) is 22.6 Å². The van der Waals surface area contributed by atoms with Gasteiger partial charge in [0.1, 0.15) is 0 Å². The molecule has 1 aromatic heterocycles. The fourth-order valence-corrected chi connectivity index (χ4v) is 7.46. The quantitative estimate of drug-likeness (QED) is 0.527. The number of aliphatic hydroxyl groups is 1. The third-order valence-electron chi connectivity index (χ3n) is 8.40. The number of piperazine rings is 1. The van der Waals surface area contributed by atoms with Gasteiger partial charge in [-0.15, -0.1) is 0 Å². The van der Waals surface area contributed by atoms with Gasteiger partial charge in [-0.05, 0) is 51.7 Å². The van der Waals surface area contributed by atoms with Crippen molar-refractivity contribution in [1.82, 2.24) is 28.6 Å². The molecular formula is C26H40N6O5S. The van der Waals surface area contributed by atoms with E-state index in [1.807, 2.05) is 38.1 Å². The summed E-state index contributed by atoms with van der Waals surface area (Å²) in [5.41, 5.74) is 1.05. The zero-order valence-corrected chi connectivity index (χ0v) is 23.3. The van der Waals surface area contributed by atoms with Gasteiger partial charge in [-0.2, -0.15) is 4.31 Å². The molecule has 210 valence electrons. The van der Waals surface area contributed by atoms with Crippen molar-refractivity contribution in [3.8, 4) is 0 Å². The van der Waals surface area contributed by atoms with Gasteiger partial charge in [0, 0.05) is 63.4 Å². The lowest BCUT2D eigenvalue weighted by atomic mass is 9.97. The molecule has 1 unspecified atom stereocenters. The Morgan fingerprint density at radius 2 is 1.63 bits per heavy atom. The Kier molecular flexibility index (Phi) is 7.71. The Labute approximate surface area is 224 Å². The molecule has 3 fully saturated rings. The van der Waals surface area contributed by atoms with Crippen LogP contribution in [0, 0.1) is 0 Å². The van der Waals surface area contributed by atoms with Crippen molar-refractivity contribution >= 4 is 27.1 Å². The lowest BCUT2D eigenvalue weighted by Gasteiger charge is -2.41. The van der Waals surface area contributed by atoms with Crippen LogP contribution in [-0.2, 0) is 10.0 Å². The van der Waals surface area contributed by atoms with Gasteiger partial charge in [-0.3, -0.25) is 14.4 Å². The Balaban J connectivity index is 1.18. The molecule has 3 aliphatic heterocycles. The Bertz CT molecular complexity index is 1320. The maximum Gasteiger partial charge on any atom is 0.337 e. The molecule has 2 aromatic rings. The molecule has 38 heavy (non-hydrogen) atoms. The number of carbonyl (C=O) groups is 1. The molecular weight excluding hydrogens is 508 g/mol. The van der Waals surface area contributed by atoms with Crippen LogP contribution in [0.2, 0.25) is 0 Å². The van der Waals surface area contributed by atoms with Crippen LogP contribution >= 0.6 is 0 Å². The van der Waals surface area contributed by atoms with E-state index in [0.717, 1.165) is 31.2 Å². The first kappa shape index (κ1) is 27.3. The number of hydrogen-bond donors (Lipinski definition) is 2. The van der Waals surface area contributed by atoms with Gasteiger partial charge in [0.05, 0.1) is 23.4 Å². The largest absolute Gasteiger partial charge is 0.390 e. The number of rotatable bonds is 7. The summed E-state index contributed by atoms with van der Waals surface area (Å²) in [6, 6.07) is 7.50. The number of benzene rings is 1. The van der Waals surface area contributed by atoms with E-state index >= 15 is 0 Å². The summed E-state index contributed by atoms with van der Waals surface area (Å²) in [5, 5.41) is 14.0. The highest BCUT2D eigenvalue weighted by atomic mass is 32.2. The number of nitrogens with one attached hydrogen (secondary N) is 1. The normalized spacial score (nSPS) is 26.3. The second-order valence-corrected chi connectivity index (χ2v) is 13.4. The number of para-hydroxylation sites is 2. The van der Waals surface area contributed by atoms with Crippen LogP contribution < -0.4 is 11.0 Å². The maximum absolute atomic E-state index is 13.3. The summed E-state index contributed by atoms with van der Waals surface area (Å²) in [6.45, 7) is 7.14. The average molecular weight is 549 g/mol. The first-order chi connectivity index (χ1) is 18.0. The monoisotopic (exact) mass is 548 g/mol. The number of sulfonamides is 1. The van der Waals surface area contributed by atoms with Gasteiger partial charge in [0.2, 0.25) is 10.0 Å². The first-order valence-corrected chi connectivity index (χ1v) is 15.5. The van der Waals surface area contributed by atoms with Gasteiger partial charge in [0.15, 0.2) is 0 Å². The number of fused-ring (bicyclic) bond motifs is 3. The number of amides is 1. The molecule has 0 saturated carbocycles. The molecule has 12 heteroatoms. The maximum atomic E-state index is 13.3. The van der Waals surface area contributed by atoms with Gasteiger partial charge < -0.3 is 10.4 Å². The minimum Gasteiger partial charge on any atom is -0.390 e. The number of β-amino-alcohol motifs (C(OH)–C–C–N with tert-alkyl or cyclic N) is 1. The molecule has 3 aliphatic rings. The molecule has 4 atom stereocenters. The highest BCUT2D eigenvalue weighted by Crippen LogP contribution is 2.36. The van der Waals surface area contributed by atoms with Crippen LogP contribution in [0.25, 0.3) is 11.0 Å². The van der Waals surface area contributed by atoms with Crippen molar-refractivity contribution in [1.29, 1.82) is 0 Å². The van der Waals surface area contributed by atoms with Crippen molar-refractivity contribution in [2.45, 2.75) is 69.8 Å². The number of hydrogen-bond acceptors (Lipinski definition) is 7. The minimum atomic E-state index is -3.17. The molecule has 0 aliphatic carbocycles. The lowest BCUT2D eigenvalue weighted by Crippen LogP contribution is -2.55. The number of nitrogens with zero attached hydrogens (tertiary/aromatic N) is 5. The highest BCUT2D eigenvalue weighted by molar-refractivity contribution is 7.88. The lowest BCUT2D eigenvalue weighted by molar-refractivity contribution is 0.0287. The van der Waals surface area contributed by atoms with E-state index in [0.29, 0.717) is 44.8 Å². The summed E-state index contributed by atoms with van der Waals surface area (Å²) in [7, 11) is -3.17. The highest BCUT2D eigenvalue weighted by Gasteiger charge is 2.42. The third-order valence-corrected chi connectivity index (χ3v) is 9.70. The fraction of sp³-hybridized carbons (Fsp3) is 0.692. The van der Waals surface area contributed by atoms with Gasteiger partial charge >= 0.3 is 11.7 Å². The van der Waals surface area contributed by atoms with Crippen LogP contribution in [-0.4, -0.2) is 113 Å². The molecule has 1 amide bonds. The first-order valence-electron chi connectivity index (χ1n) is 13.7. The molecule has 2 bridgehead atoms. The average Bonchev–Trinajstić information content (AvgIpc) is 3.26. The Morgan fingerprint density at radius 3 is 2.21 bits per heavy atom. The molecule has 3 saturated heterocycles. The van der Waals surface area contributed by atoms with Crippen molar-refractivity contribution < 1.29 is 18.3 Å². The standard InChI is InChI=1S/C26H40N6O5S/c1-18(2)31-23-6-4-5-7-24(23)32(26(31)35)25(34)27-19-14-20-8-9-21(15-19)30(20)17-22(33)16-28-10-12-29(13-11-28)38(3,36)37/h4-7,18-22,33H,8-17H2,1-3H3,(H,27,34)/t19?,20-,21+,22-/m0/s1. The molecule has 1 aromatic carbocycles. The van der Waals surface area contributed by atoms with Crippen LogP contribution in [0.4, 0.5) is 4.79 Å². The minimum absolute atomic E-state index is 0.0227. The van der Waals surface area contributed by atoms with Crippen LogP contribution in [0.3, 0.4) is 0 Å². The zero-order chi connectivity index (χ0) is 27.2. The van der Waals surface area contributed by atoms with Crippen LogP contribution in [0.15, 0.2) is 29.1 Å². The Morgan fingerprint density at radius 1 is 1.03 bits per heavy atom. The van der Waals surface area contributed by atoms with E-state index < -0.39 is 16.1 Å². The summed E-state index contributed by atoms with van der Waals surface area (Å²) < 4.78 is 27.9. The molecule has 4 heterocycles. The summed E-state index contributed by atoms with van der Waals surface area (Å²) in [5.74, 6) is 0. The van der Waals surface area contributed by atoms with Crippen molar-refractivity contribution in [3.63, 3.8) is 0 Å². The third kappa shape index (κ3) is 5.42. The zero-order valence-electron chi connectivity index (χ0n) is 22.5. The molecule has 0 spiro atoms. The number of carbonyl (C=O) groups excluding carboxylic acids is 1. The second kappa shape index (κ2) is 10.7. The molecule has 5 rings (SSSR count). The second-order valence-electron chi connectivity index (χ2n) is 11.4. The predicted octanol–water partition coefficient (Wildman–Crippen LogP) is 0.875. The predicted molar refractivity (Wildman–Crippen MR) is 146 cm³/mol. The van der Waals surface area contributed by atoms with Crippen LogP contribution in [0.1, 0.15) is 45.6 Å². The number of piperidine rings is 1. The molecule has 2 N–H and O–H groups in total. The summed E-state index contributed by atoms with van der Waals surface area (Å²) in [6.07, 6.45) is 4.36. The smallest absolute Gasteiger partial charge is 0.337 e. The topological polar surface area (TPSA) is 120 Å². The van der Waals surface area contributed by atoms with E-state index in [1.165, 1.54) is 15.1 Å². The number of imidazole rings is 1. The van der Waals surface area contributed by atoms with E-state index in [9.17, 15) is 23.1 Å². The summed E-state index contributed by atoms with van der Waals surface area (Å²) in [4.78, 5) is 31.0. The van der Waals surface area contributed by atoms with Crippen LogP contribution in [0.5, 0.6) is 0 Å². The van der Waals surface area contributed by atoms with Gasteiger partial charge in [-0.1, -0.05) is 12.1 Å². The summed E-state index contributed by atoms with van der Waals surface area (Å²) >= 11 is 0. The van der Waals surface area contributed by atoms with E-state index in [2.05, 4.69) is 15.1 Å². The van der Waals surface area contributed by atoms with Crippen molar-refractivity contribution in [3.05, 3.63) is 34.7 Å². The van der Waals surface area contributed by atoms with E-state index in [-0.39, 0.29) is 35.9 Å². The molecule has 11 nitrogen and oxygen atoms in total. The van der Waals surface area contributed by atoms with E-state index in [4.69, 9.17) is 0 Å². The fourth-order valence-electron chi connectivity index (χ4n) is 6.64.